The molecule has 0 radical (unpaired) electrons. The molecule has 0 aliphatic heterocycles. The van der Waals surface area contributed by atoms with E-state index in [0.717, 1.165) is 0 Å². The quantitative estimate of drug-likeness (QED) is 0.449. The molecular weight excluding hydrogens is 424 g/mol. The first-order valence-electron chi connectivity index (χ1n) is 6.52. The van der Waals surface area contributed by atoms with Crippen LogP contribution in [-0.4, -0.2) is 69.1 Å². The molecule has 1 N–H and O–H groups in total. The van der Waals surface area contributed by atoms with E-state index in [9.17, 15) is 52.7 Å². The molecule has 0 aliphatic carbocycles. The fourth-order valence-electron chi connectivity index (χ4n) is 1.20. The van der Waals surface area contributed by atoms with Gasteiger partial charge in [-0.3, -0.25) is 0 Å². The molecule has 0 bridgehead atoms. The Morgan fingerprint density at radius 1 is 0.556 bits per heavy atom. The van der Waals surface area contributed by atoms with Gasteiger partial charge in [-0.25, -0.2) is 26.3 Å². The van der Waals surface area contributed by atoms with Crippen LogP contribution in [0.3, 0.4) is 0 Å². The molecule has 0 fully saturated rings. The van der Waals surface area contributed by atoms with Gasteiger partial charge in [-0.15, -0.1) is 0 Å². The molecule has 0 atom stereocenters. The van der Waals surface area contributed by atoms with Crippen LogP contribution in [0.25, 0.3) is 0 Å². The third-order valence-corrected chi connectivity index (χ3v) is 2.81. The maximum Gasteiger partial charge on any atom is 0.416 e. The van der Waals surface area contributed by atoms with Gasteiger partial charge in [0.1, 0.15) is 0 Å². The molecule has 164 valence electrons. The number of hydrogen-bond donors (Lipinski definition) is 1. The summed E-state index contributed by atoms with van der Waals surface area (Å²) >= 11 is 0. The molecule has 0 aromatic rings. The molecule has 0 heterocycles. The van der Waals surface area contributed by atoms with Gasteiger partial charge >= 0.3 is 37.6 Å². The van der Waals surface area contributed by atoms with E-state index in [1.807, 2.05) is 0 Å². The van der Waals surface area contributed by atoms with Gasteiger partial charge in [0.05, 0.1) is 31.8 Å². The predicted molar refractivity (Wildman–Crippen MR) is 60.2 cm³/mol. The molecule has 0 aliphatic rings. The zero-order valence-electron chi connectivity index (χ0n) is 12.8. The van der Waals surface area contributed by atoms with Crippen molar-refractivity contribution in [2.24, 2.45) is 5.41 Å². The van der Waals surface area contributed by atoms with Crippen LogP contribution in [0.1, 0.15) is 0 Å². The minimum Gasteiger partial charge on any atom is -0.396 e. The van der Waals surface area contributed by atoms with E-state index in [2.05, 4.69) is 14.2 Å². The van der Waals surface area contributed by atoms with E-state index in [4.69, 9.17) is 5.11 Å². The Labute approximate surface area is 143 Å². The topological polar surface area (TPSA) is 47.9 Å². The first-order chi connectivity index (χ1) is 12.0. The summed E-state index contributed by atoms with van der Waals surface area (Å²) < 4.78 is 159. The molecular formula is C11H12F12O4. The summed E-state index contributed by atoms with van der Waals surface area (Å²) in [5.74, 6) is 0. The van der Waals surface area contributed by atoms with Crippen LogP contribution in [0.5, 0.6) is 0 Å². The standard InChI is InChI=1S/C11H12F12O4/c12-5(13)9(18,19)25-2-8(1-24,3-26-10(20,21)6(14)15)4-27-11(22,23)7(16)17/h5-7,24H,1-4H2. The van der Waals surface area contributed by atoms with Gasteiger partial charge in [-0.2, -0.15) is 26.3 Å². The zero-order valence-corrected chi connectivity index (χ0v) is 12.8. The van der Waals surface area contributed by atoms with Crippen LogP contribution in [-0.2, 0) is 14.2 Å². The summed E-state index contributed by atoms with van der Waals surface area (Å²) in [6.07, 6.45) is -29.3. The Hall–Kier alpha value is -1.00. The third-order valence-electron chi connectivity index (χ3n) is 2.81. The van der Waals surface area contributed by atoms with Crippen molar-refractivity contribution in [2.45, 2.75) is 37.6 Å². The van der Waals surface area contributed by atoms with Crippen molar-refractivity contribution in [3.05, 3.63) is 0 Å². The lowest BCUT2D eigenvalue weighted by Crippen LogP contribution is -2.48. The molecule has 27 heavy (non-hydrogen) atoms. The highest BCUT2D eigenvalue weighted by molar-refractivity contribution is 4.81. The van der Waals surface area contributed by atoms with Crippen molar-refractivity contribution < 1.29 is 72.0 Å². The molecule has 0 aromatic heterocycles. The molecule has 0 spiro atoms. The van der Waals surface area contributed by atoms with Crippen LogP contribution in [0, 0.1) is 5.41 Å². The number of aliphatic hydroxyl groups is 1. The summed E-state index contributed by atoms with van der Waals surface area (Å²) in [5, 5.41) is 9.05. The van der Waals surface area contributed by atoms with Gasteiger partial charge in [0.2, 0.25) is 0 Å². The van der Waals surface area contributed by atoms with Crippen molar-refractivity contribution in [2.75, 3.05) is 26.4 Å². The van der Waals surface area contributed by atoms with Crippen molar-refractivity contribution in [1.29, 1.82) is 0 Å². The van der Waals surface area contributed by atoms with E-state index < -0.39 is 69.4 Å². The Kier molecular flexibility index (Phi) is 9.12. The van der Waals surface area contributed by atoms with Crippen molar-refractivity contribution in [3.8, 4) is 0 Å². The maximum atomic E-state index is 12.7. The Morgan fingerprint density at radius 3 is 0.926 bits per heavy atom. The Morgan fingerprint density at radius 2 is 0.778 bits per heavy atom. The third kappa shape index (κ3) is 7.87. The number of halogens is 12. The predicted octanol–water partition coefficient (Wildman–Crippen LogP) is 3.59. The van der Waals surface area contributed by atoms with Crippen molar-refractivity contribution in [1.82, 2.24) is 0 Å². The lowest BCUT2D eigenvalue weighted by atomic mass is 9.92. The smallest absolute Gasteiger partial charge is 0.396 e. The Bertz CT molecular complexity index is 385. The van der Waals surface area contributed by atoms with Crippen LogP contribution in [0.15, 0.2) is 0 Å². The summed E-state index contributed by atoms with van der Waals surface area (Å²) in [6, 6.07) is 0. The fourth-order valence-corrected chi connectivity index (χ4v) is 1.20. The van der Waals surface area contributed by atoms with Crippen molar-refractivity contribution in [3.63, 3.8) is 0 Å². The number of alkyl halides is 12. The van der Waals surface area contributed by atoms with Gasteiger partial charge in [0.15, 0.2) is 0 Å². The molecule has 4 nitrogen and oxygen atoms in total. The summed E-state index contributed by atoms with van der Waals surface area (Å²) in [4.78, 5) is 0. The number of rotatable bonds is 13. The van der Waals surface area contributed by atoms with Gasteiger partial charge in [-0.05, 0) is 0 Å². The second-order valence-electron chi connectivity index (χ2n) is 5.11. The van der Waals surface area contributed by atoms with E-state index >= 15 is 0 Å². The second kappa shape index (κ2) is 9.47. The molecule has 0 saturated carbocycles. The summed E-state index contributed by atoms with van der Waals surface area (Å²) in [5.41, 5.74) is -3.03. The number of ether oxygens (including phenoxy) is 3. The monoisotopic (exact) mass is 436 g/mol. The molecule has 0 amide bonds. The SMILES string of the molecule is OCC(COC(F)(F)C(F)F)(COC(F)(F)C(F)F)COC(F)(F)C(F)F. The first kappa shape index (κ1) is 26.0. The summed E-state index contributed by atoms with van der Waals surface area (Å²) in [6.45, 7) is -7.73. The average molecular weight is 436 g/mol. The van der Waals surface area contributed by atoms with E-state index in [-0.39, 0.29) is 0 Å². The first-order valence-corrected chi connectivity index (χ1v) is 6.52. The van der Waals surface area contributed by atoms with Crippen molar-refractivity contribution >= 4 is 0 Å². The number of hydrogen-bond acceptors (Lipinski definition) is 4. The lowest BCUT2D eigenvalue weighted by molar-refractivity contribution is -0.349. The summed E-state index contributed by atoms with van der Waals surface area (Å²) in [7, 11) is 0. The van der Waals surface area contributed by atoms with Gasteiger partial charge in [-0.1, -0.05) is 0 Å². The molecule has 0 saturated heterocycles. The molecule has 16 heteroatoms. The van der Waals surface area contributed by atoms with E-state index in [1.165, 1.54) is 0 Å². The van der Waals surface area contributed by atoms with Crippen LogP contribution < -0.4 is 0 Å². The van der Waals surface area contributed by atoms with Crippen LogP contribution >= 0.6 is 0 Å². The minimum atomic E-state index is -5.28. The average Bonchev–Trinajstić information content (AvgIpc) is 2.54. The minimum absolute atomic E-state index is 1.77. The maximum absolute atomic E-state index is 12.7. The highest BCUT2D eigenvalue weighted by Gasteiger charge is 2.50. The fraction of sp³-hybridized carbons (Fsp3) is 1.00. The van der Waals surface area contributed by atoms with Crippen LogP contribution in [0.2, 0.25) is 0 Å². The molecule has 0 aromatic carbocycles. The Balaban J connectivity index is 5.42. The van der Waals surface area contributed by atoms with Crippen LogP contribution in [0.4, 0.5) is 52.7 Å². The van der Waals surface area contributed by atoms with Gasteiger partial charge in [0, 0.05) is 0 Å². The highest BCUT2D eigenvalue weighted by atomic mass is 19.3. The highest BCUT2D eigenvalue weighted by Crippen LogP contribution is 2.34. The number of aliphatic hydroxyl groups excluding tert-OH is 1. The van der Waals surface area contributed by atoms with E-state index in [0.29, 0.717) is 0 Å². The zero-order chi connectivity index (χ0) is 21.7. The lowest BCUT2D eigenvalue weighted by Gasteiger charge is -2.34. The second-order valence-corrected chi connectivity index (χ2v) is 5.11. The van der Waals surface area contributed by atoms with Gasteiger partial charge in [0.25, 0.3) is 0 Å². The molecule has 0 unspecified atom stereocenters. The normalized spacial score (nSPS) is 14.7. The van der Waals surface area contributed by atoms with E-state index in [1.54, 1.807) is 0 Å². The largest absolute Gasteiger partial charge is 0.416 e. The molecule has 0 rings (SSSR count). The van der Waals surface area contributed by atoms with Gasteiger partial charge < -0.3 is 19.3 Å².